The predicted molar refractivity (Wildman–Crippen MR) is 79.9 cm³/mol. The van der Waals surface area contributed by atoms with Crippen LogP contribution >= 0.6 is 0 Å². The first-order valence-corrected chi connectivity index (χ1v) is 8.80. The first-order chi connectivity index (χ1) is 9.95. The number of ether oxygens (including phenoxy) is 2. The summed E-state index contributed by atoms with van der Waals surface area (Å²) < 4.78 is 37.1. The van der Waals surface area contributed by atoms with E-state index in [1.807, 2.05) is 0 Å². The van der Waals surface area contributed by atoms with Crippen molar-refractivity contribution in [2.45, 2.75) is 41.9 Å². The molecule has 0 bridgehead atoms. The van der Waals surface area contributed by atoms with Crippen LogP contribution in [0.15, 0.2) is 23.1 Å². The summed E-state index contributed by atoms with van der Waals surface area (Å²) in [7, 11) is -3.39. The largest absolute Gasteiger partial charge is 0.398 e. The van der Waals surface area contributed by atoms with Crippen LogP contribution in [0.25, 0.3) is 0 Å². The molecule has 2 aliphatic heterocycles. The number of rotatable bonds is 2. The third kappa shape index (κ3) is 2.56. The van der Waals surface area contributed by atoms with E-state index in [-0.39, 0.29) is 0 Å². The van der Waals surface area contributed by atoms with E-state index < -0.39 is 20.7 Å². The molecule has 1 aromatic carbocycles. The van der Waals surface area contributed by atoms with Crippen LogP contribution in [0.1, 0.15) is 24.8 Å². The lowest BCUT2D eigenvalue weighted by atomic mass is 9.93. The van der Waals surface area contributed by atoms with Crippen LogP contribution in [0.2, 0.25) is 0 Å². The van der Waals surface area contributed by atoms with Gasteiger partial charge in [0.2, 0.25) is 0 Å². The van der Waals surface area contributed by atoms with Gasteiger partial charge < -0.3 is 15.2 Å². The second kappa shape index (κ2) is 5.26. The van der Waals surface area contributed by atoms with Crippen molar-refractivity contribution >= 4 is 15.5 Å². The van der Waals surface area contributed by atoms with Gasteiger partial charge in [-0.05, 0) is 37.5 Å². The highest BCUT2D eigenvalue weighted by Crippen LogP contribution is 2.38. The minimum Gasteiger partial charge on any atom is -0.398 e. The maximum absolute atomic E-state index is 12.9. The van der Waals surface area contributed by atoms with Gasteiger partial charge in [-0.2, -0.15) is 0 Å². The van der Waals surface area contributed by atoms with Crippen molar-refractivity contribution in [3.8, 4) is 0 Å². The molecular weight excluding hydrogens is 290 g/mol. The number of hydrogen-bond acceptors (Lipinski definition) is 5. The summed E-state index contributed by atoms with van der Waals surface area (Å²) in [5.74, 6) is 0. The minimum atomic E-state index is -3.39. The molecule has 2 N–H and O–H groups in total. The van der Waals surface area contributed by atoms with Gasteiger partial charge in [-0.3, -0.25) is 0 Å². The minimum absolute atomic E-state index is 0.350. The van der Waals surface area contributed by atoms with Crippen molar-refractivity contribution in [3.63, 3.8) is 0 Å². The maximum Gasteiger partial charge on any atom is 0.181 e. The van der Waals surface area contributed by atoms with Crippen molar-refractivity contribution in [3.05, 3.63) is 23.8 Å². The number of nitrogens with two attached hydrogens (primary N) is 1. The fraction of sp³-hybridized carbons (Fsp3) is 0.600. The van der Waals surface area contributed by atoms with Gasteiger partial charge in [0, 0.05) is 25.3 Å². The monoisotopic (exact) mass is 311 g/mol. The Kier molecular flexibility index (Phi) is 3.71. The fourth-order valence-electron chi connectivity index (χ4n) is 3.23. The molecule has 0 saturated carbocycles. The van der Waals surface area contributed by atoms with Crippen molar-refractivity contribution in [1.82, 2.24) is 0 Å². The van der Waals surface area contributed by atoms with Gasteiger partial charge in [0.15, 0.2) is 9.84 Å². The topological polar surface area (TPSA) is 78.6 Å². The Balaban J connectivity index is 1.93. The normalized spacial score (nSPS) is 29.9. The van der Waals surface area contributed by atoms with Crippen LogP contribution < -0.4 is 5.73 Å². The van der Waals surface area contributed by atoms with Gasteiger partial charge in [-0.25, -0.2) is 8.42 Å². The van der Waals surface area contributed by atoms with Gasteiger partial charge in [0.1, 0.15) is 0 Å². The molecule has 0 aromatic heterocycles. The zero-order valence-electron chi connectivity index (χ0n) is 12.2. The van der Waals surface area contributed by atoms with Crippen LogP contribution in [0.3, 0.4) is 0 Å². The molecular formula is C15H21NO4S. The Hall–Kier alpha value is -1.11. The lowest BCUT2D eigenvalue weighted by Gasteiger charge is -2.36. The Labute approximate surface area is 125 Å². The van der Waals surface area contributed by atoms with Gasteiger partial charge in [-0.15, -0.1) is 0 Å². The highest BCUT2D eigenvalue weighted by molar-refractivity contribution is 7.92. The Morgan fingerprint density at radius 2 is 2.14 bits per heavy atom. The number of sulfone groups is 1. The third-order valence-corrected chi connectivity index (χ3v) is 6.92. The van der Waals surface area contributed by atoms with E-state index in [1.165, 1.54) is 0 Å². The van der Waals surface area contributed by atoms with Crippen molar-refractivity contribution < 1.29 is 17.9 Å². The molecule has 3 rings (SSSR count). The smallest absolute Gasteiger partial charge is 0.181 e. The Morgan fingerprint density at radius 1 is 1.33 bits per heavy atom. The molecule has 21 heavy (non-hydrogen) atoms. The molecule has 0 amide bonds. The summed E-state index contributed by atoms with van der Waals surface area (Å²) in [4.78, 5) is 0.350. The number of nitrogen functional groups attached to an aromatic ring is 1. The van der Waals surface area contributed by atoms with E-state index in [4.69, 9.17) is 15.2 Å². The zero-order valence-corrected chi connectivity index (χ0v) is 13.0. The number of hydrogen-bond donors (Lipinski definition) is 1. The first kappa shape index (κ1) is 14.8. The van der Waals surface area contributed by atoms with Crippen molar-refractivity contribution in [2.75, 3.05) is 25.6 Å². The predicted octanol–water partition coefficient (Wildman–Crippen LogP) is 1.69. The van der Waals surface area contributed by atoms with Gasteiger partial charge >= 0.3 is 0 Å². The molecule has 2 atom stereocenters. The summed E-state index contributed by atoms with van der Waals surface area (Å²) in [6, 6.07) is 5.07. The number of benzene rings is 1. The van der Waals surface area contributed by atoms with Crippen LogP contribution in [0.5, 0.6) is 0 Å². The Bertz CT molecular complexity index is 635. The number of anilines is 1. The SMILES string of the molecule is Cc1c(N)cccc1S(=O)(=O)C1CCOC2(CCOC2)C1. The van der Waals surface area contributed by atoms with Gasteiger partial charge in [-0.1, -0.05) is 6.07 Å². The van der Waals surface area contributed by atoms with E-state index in [2.05, 4.69) is 0 Å². The molecule has 2 heterocycles. The van der Waals surface area contributed by atoms with E-state index in [9.17, 15) is 8.42 Å². The van der Waals surface area contributed by atoms with Gasteiger partial charge in [0.25, 0.3) is 0 Å². The Morgan fingerprint density at radius 3 is 2.86 bits per heavy atom. The molecule has 1 spiro atoms. The molecule has 2 unspecified atom stereocenters. The maximum atomic E-state index is 12.9. The van der Waals surface area contributed by atoms with Crippen molar-refractivity contribution in [2.24, 2.45) is 0 Å². The second-order valence-corrected chi connectivity index (χ2v) is 8.16. The second-order valence-electron chi connectivity index (χ2n) is 5.96. The third-order valence-electron chi connectivity index (χ3n) is 4.59. The summed E-state index contributed by atoms with van der Waals surface area (Å²) in [5, 5.41) is -0.423. The summed E-state index contributed by atoms with van der Waals surface area (Å²) in [6.45, 7) is 3.36. The van der Waals surface area contributed by atoms with Crippen LogP contribution in [0.4, 0.5) is 5.69 Å². The molecule has 2 saturated heterocycles. The zero-order chi connectivity index (χ0) is 15.1. The summed E-state index contributed by atoms with van der Waals surface area (Å²) >= 11 is 0. The fourth-order valence-corrected chi connectivity index (χ4v) is 5.33. The van der Waals surface area contributed by atoms with E-state index in [0.29, 0.717) is 48.8 Å². The molecule has 0 aliphatic carbocycles. The van der Waals surface area contributed by atoms with Gasteiger partial charge in [0.05, 0.1) is 22.4 Å². The van der Waals surface area contributed by atoms with Crippen molar-refractivity contribution in [1.29, 1.82) is 0 Å². The van der Waals surface area contributed by atoms with Crippen LogP contribution in [0, 0.1) is 6.92 Å². The highest BCUT2D eigenvalue weighted by atomic mass is 32.2. The molecule has 6 heteroatoms. The molecule has 2 fully saturated rings. The summed E-state index contributed by atoms with van der Waals surface area (Å²) in [6.07, 6.45) is 1.80. The van der Waals surface area contributed by atoms with E-state index in [0.717, 1.165) is 6.42 Å². The molecule has 0 radical (unpaired) electrons. The van der Waals surface area contributed by atoms with Crippen LogP contribution in [-0.2, 0) is 19.3 Å². The molecule has 2 aliphatic rings. The van der Waals surface area contributed by atoms with E-state index in [1.54, 1.807) is 25.1 Å². The molecule has 1 aromatic rings. The average Bonchev–Trinajstić information content (AvgIpc) is 2.89. The molecule has 5 nitrogen and oxygen atoms in total. The van der Waals surface area contributed by atoms with Crippen LogP contribution in [-0.4, -0.2) is 39.1 Å². The summed E-state index contributed by atoms with van der Waals surface area (Å²) in [5.41, 5.74) is 6.60. The lowest BCUT2D eigenvalue weighted by molar-refractivity contribution is -0.0778. The lowest BCUT2D eigenvalue weighted by Crippen LogP contribution is -2.45. The standard InChI is InChI=1S/C15H21NO4S/c1-11-13(16)3-2-4-14(11)21(17,18)12-5-7-20-15(9-12)6-8-19-10-15/h2-4,12H,5-10,16H2,1H3. The quantitative estimate of drug-likeness (QED) is 0.841. The average molecular weight is 311 g/mol. The molecule has 116 valence electrons. The van der Waals surface area contributed by atoms with E-state index >= 15 is 0 Å². The highest BCUT2D eigenvalue weighted by Gasteiger charge is 2.45. The first-order valence-electron chi connectivity index (χ1n) is 7.25.